The topological polar surface area (TPSA) is 74.8 Å². The lowest BCUT2D eigenvalue weighted by molar-refractivity contribution is -0.111. The van der Waals surface area contributed by atoms with Crippen molar-refractivity contribution >= 4 is 5.78 Å². The van der Waals surface area contributed by atoms with Gasteiger partial charge >= 0.3 is 0 Å². The molecule has 3 rings (SSSR count). The van der Waals surface area contributed by atoms with E-state index in [1.807, 2.05) is 18.2 Å². The van der Waals surface area contributed by atoms with Gasteiger partial charge in [-0.05, 0) is 57.0 Å². The van der Waals surface area contributed by atoms with Crippen LogP contribution in [0.15, 0.2) is 72.4 Å². The van der Waals surface area contributed by atoms with Crippen molar-refractivity contribution in [1.82, 2.24) is 25.5 Å². The number of hydrogen-bond acceptors (Lipinski definition) is 5. The Balaban J connectivity index is 1.46. The minimum Gasteiger partial charge on any atom is -0.305 e. The molecule has 1 aliphatic rings. The first-order chi connectivity index (χ1) is 15.1. The molecule has 1 atom stereocenters. The second-order valence-electron chi connectivity index (χ2n) is 8.07. The molecule has 1 unspecified atom stereocenters. The Hall–Kier alpha value is -3.12. The molecule has 1 heterocycles. The van der Waals surface area contributed by atoms with Gasteiger partial charge in [0.25, 0.3) is 0 Å². The van der Waals surface area contributed by atoms with Gasteiger partial charge in [-0.3, -0.25) is 4.79 Å². The predicted molar refractivity (Wildman–Crippen MR) is 123 cm³/mol. The monoisotopic (exact) mass is 417 g/mol. The van der Waals surface area contributed by atoms with E-state index in [4.69, 9.17) is 0 Å². The second-order valence-corrected chi connectivity index (χ2v) is 8.07. The average molecular weight is 418 g/mol. The summed E-state index contributed by atoms with van der Waals surface area (Å²) >= 11 is 0. The highest BCUT2D eigenvalue weighted by Gasteiger charge is 2.20. The zero-order valence-electron chi connectivity index (χ0n) is 18.4. The third-order valence-electron chi connectivity index (χ3n) is 5.14. The molecular weight excluding hydrogens is 386 g/mol. The fourth-order valence-corrected chi connectivity index (χ4v) is 3.62. The number of hydrogen-bond donors (Lipinski definition) is 1. The van der Waals surface area contributed by atoms with E-state index in [1.54, 1.807) is 6.08 Å². The van der Waals surface area contributed by atoms with Crippen LogP contribution in [0.25, 0.3) is 0 Å². The summed E-state index contributed by atoms with van der Waals surface area (Å²) < 4.78 is 0. The Kier molecular flexibility index (Phi) is 8.67. The zero-order valence-corrected chi connectivity index (χ0v) is 18.4. The maximum absolute atomic E-state index is 12.2. The van der Waals surface area contributed by atoms with Crippen molar-refractivity contribution in [3.05, 3.63) is 89.3 Å². The Labute approximate surface area is 184 Å². The minimum absolute atomic E-state index is 0.119. The maximum atomic E-state index is 12.2. The number of H-pyrrole nitrogens is 1. The van der Waals surface area contributed by atoms with Gasteiger partial charge in [0.1, 0.15) is 0 Å². The molecule has 31 heavy (non-hydrogen) atoms. The third-order valence-corrected chi connectivity index (χ3v) is 5.14. The first-order valence-electron chi connectivity index (χ1n) is 10.8. The number of aryl methyl sites for hydroxylation is 1. The smallest absolute Gasteiger partial charge is 0.182 e. The minimum atomic E-state index is 0.119. The van der Waals surface area contributed by atoms with Crippen molar-refractivity contribution in [3.63, 3.8) is 0 Å². The quantitative estimate of drug-likeness (QED) is 0.340. The second kappa shape index (κ2) is 11.9. The molecule has 0 spiro atoms. The van der Waals surface area contributed by atoms with E-state index < -0.39 is 0 Å². The summed E-state index contributed by atoms with van der Waals surface area (Å²) in [6.07, 6.45) is 18.6. The molecule has 0 amide bonds. The Morgan fingerprint density at radius 3 is 2.84 bits per heavy atom. The van der Waals surface area contributed by atoms with E-state index in [2.05, 4.69) is 82.1 Å². The average Bonchev–Trinajstić information content (AvgIpc) is 3.38. The van der Waals surface area contributed by atoms with E-state index in [1.165, 1.54) is 11.1 Å². The van der Waals surface area contributed by atoms with Crippen molar-refractivity contribution < 1.29 is 4.79 Å². The summed E-state index contributed by atoms with van der Waals surface area (Å²) in [5.74, 6) is 1.03. The van der Waals surface area contributed by atoms with Crippen molar-refractivity contribution in [1.29, 1.82) is 0 Å². The van der Waals surface area contributed by atoms with Gasteiger partial charge in [-0.15, -0.1) is 10.2 Å². The Morgan fingerprint density at radius 2 is 2.03 bits per heavy atom. The molecule has 1 aromatic heterocycles. The van der Waals surface area contributed by atoms with Crippen molar-refractivity contribution in [2.45, 2.75) is 38.6 Å². The van der Waals surface area contributed by atoms with Crippen LogP contribution in [0.2, 0.25) is 0 Å². The number of carbonyl (C=O) groups excluding carboxylic acids is 1. The van der Waals surface area contributed by atoms with Gasteiger partial charge in [-0.25, -0.2) is 0 Å². The molecular formula is C25H31N5O. The lowest BCUT2D eigenvalue weighted by atomic mass is 9.97. The summed E-state index contributed by atoms with van der Waals surface area (Å²) in [5.41, 5.74) is 3.47. The van der Waals surface area contributed by atoms with Crippen LogP contribution < -0.4 is 0 Å². The van der Waals surface area contributed by atoms with Gasteiger partial charge in [-0.2, -0.15) is 5.21 Å². The van der Waals surface area contributed by atoms with E-state index in [-0.39, 0.29) is 11.7 Å². The van der Waals surface area contributed by atoms with Crippen LogP contribution in [0.4, 0.5) is 0 Å². The first-order valence-corrected chi connectivity index (χ1v) is 10.8. The highest BCUT2D eigenvalue weighted by Crippen LogP contribution is 2.25. The Bertz CT molecular complexity index is 954. The van der Waals surface area contributed by atoms with Gasteiger partial charge in [0.2, 0.25) is 0 Å². The van der Waals surface area contributed by atoms with E-state index in [9.17, 15) is 4.79 Å². The standard InChI is InChI=1S/C25H31N5O/c1-30(2)19-21-12-9-11-20(18-21)10-7-8-14-23-22(16-17-24(23)31)13-5-3-4-6-15-25-26-28-29-27-25/h3,5,7-9,11-12,14,16-18,22H,4,6,10,13,15,19H2,1-2H3,(H,26,27,28,29)/b5-3-,8-7+,23-14+. The number of tetrazole rings is 1. The summed E-state index contributed by atoms with van der Waals surface area (Å²) in [7, 11) is 4.15. The van der Waals surface area contributed by atoms with Crippen LogP contribution in [0.5, 0.6) is 0 Å². The molecule has 0 fully saturated rings. The molecule has 1 N–H and O–H groups in total. The number of nitrogens with one attached hydrogen (secondary N) is 1. The fourth-order valence-electron chi connectivity index (χ4n) is 3.62. The SMILES string of the molecule is CN(C)Cc1cccc(C/C=C/C=C2/C(=O)C=CC2C/C=C\CCCc2nn[nH]n2)c1. The molecule has 6 heteroatoms. The highest BCUT2D eigenvalue weighted by atomic mass is 16.1. The molecule has 1 aromatic carbocycles. The number of unbranched alkanes of at least 4 members (excludes halogenated alkanes) is 1. The van der Waals surface area contributed by atoms with Gasteiger partial charge in [-0.1, -0.05) is 65.9 Å². The number of benzene rings is 1. The first kappa shape index (κ1) is 22.6. The lowest BCUT2D eigenvalue weighted by Gasteiger charge is -2.10. The van der Waals surface area contributed by atoms with Crippen LogP contribution in [-0.2, 0) is 24.2 Å². The molecule has 162 valence electrons. The van der Waals surface area contributed by atoms with Gasteiger partial charge in [0.05, 0.1) is 0 Å². The largest absolute Gasteiger partial charge is 0.305 e. The molecule has 6 nitrogen and oxygen atoms in total. The van der Waals surface area contributed by atoms with Crippen molar-refractivity contribution in [2.75, 3.05) is 14.1 Å². The fraction of sp³-hybridized carbons (Fsp3) is 0.360. The number of ketones is 1. The molecule has 0 aliphatic heterocycles. The zero-order chi connectivity index (χ0) is 21.9. The summed E-state index contributed by atoms with van der Waals surface area (Å²) in [5, 5.41) is 13.9. The van der Waals surface area contributed by atoms with Crippen LogP contribution >= 0.6 is 0 Å². The number of carbonyl (C=O) groups is 1. The normalized spacial score (nSPS) is 17.8. The number of nitrogens with zero attached hydrogens (tertiary/aromatic N) is 4. The Morgan fingerprint density at radius 1 is 1.16 bits per heavy atom. The lowest BCUT2D eigenvalue weighted by Crippen LogP contribution is -2.10. The van der Waals surface area contributed by atoms with Gasteiger partial charge in [0, 0.05) is 24.5 Å². The highest BCUT2D eigenvalue weighted by molar-refractivity contribution is 6.07. The molecule has 0 bridgehead atoms. The molecule has 2 aromatic rings. The number of aromatic nitrogens is 4. The maximum Gasteiger partial charge on any atom is 0.182 e. The van der Waals surface area contributed by atoms with Crippen molar-refractivity contribution in [2.24, 2.45) is 5.92 Å². The molecule has 0 saturated heterocycles. The molecule has 1 aliphatic carbocycles. The predicted octanol–water partition coefficient (Wildman–Crippen LogP) is 4.01. The summed E-state index contributed by atoms with van der Waals surface area (Å²) in [6.45, 7) is 0.939. The summed E-state index contributed by atoms with van der Waals surface area (Å²) in [4.78, 5) is 14.4. The van der Waals surface area contributed by atoms with Gasteiger partial charge in [0.15, 0.2) is 11.6 Å². The third kappa shape index (κ3) is 7.57. The van der Waals surface area contributed by atoms with Crippen LogP contribution in [0, 0.1) is 5.92 Å². The van der Waals surface area contributed by atoms with Crippen molar-refractivity contribution in [3.8, 4) is 0 Å². The number of allylic oxidation sites excluding steroid dienone is 8. The van der Waals surface area contributed by atoms with Gasteiger partial charge < -0.3 is 4.90 Å². The van der Waals surface area contributed by atoms with E-state index in [0.717, 1.165) is 50.0 Å². The van der Waals surface area contributed by atoms with E-state index in [0.29, 0.717) is 0 Å². The summed E-state index contributed by atoms with van der Waals surface area (Å²) in [6, 6.07) is 8.65. The number of rotatable bonds is 11. The van der Waals surface area contributed by atoms with E-state index >= 15 is 0 Å². The molecule has 0 radical (unpaired) electrons. The molecule has 0 saturated carbocycles. The van der Waals surface area contributed by atoms with Crippen LogP contribution in [0.1, 0.15) is 36.2 Å². The van der Waals surface area contributed by atoms with Crippen LogP contribution in [-0.4, -0.2) is 45.4 Å². The van der Waals surface area contributed by atoms with Crippen LogP contribution in [0.3, 0.4) is 0 Å². The number of aromatic amines is 1.